The fraction of sp³-hybridized carbons (Fsp3) is 0.533. The number of carbonyl (C=O) groups is 1. The van der Waals surface area contributed by atoms with Gasteiger partial charge in [0.1, 0.15) is 6.04 Å². The number of likely N-dealkylation sites (tertiary alicyclic amines) is 1. The number of hydrogen-bond acceptors (Lipinski definition) is 4. The highest BCUT2D eigenvalue weighted by atomic mass is 32.2. The highest BCUT2D eigenvalue weighted by Gasteiger charge is 2.31. The summed E-state index contributed by atoms with van der Waals surface area (Å²) in [6, 6.07) is 10.4. The first kappa shape index (κ1) is 14.4. The molecule has 1 aromatic carbocycles. The van der Waals surface area contributed by atoms with Gasteiger partial charge in [0.15, 0.2) is 0 Å². The van der Waals surface area contributed by atoms with Crippen molar-refractivity contribution in [2.45, 2.75) is 30.7 Å². The van der Waals surface area contributed by atoms with Gasteiger partial charge in [0.2, 0.25) is 0 Å². The van der Waals surface area contributed by atoms with Crippen LogP contribution in [0.2, 0.25) is 0 Å². The zero-order valence-electron chi connectivity index (χ0n) is 11.4. The molecule has 4 heteroatoms. The van der Waals surface area contributed by atoms with Crippen molar-refractivity contribution in [3.8, 4) is 0 Å². The van der Waals surface area contributed by atoms with Crippen LogP contribution < -0.4 is 0 Å². The molecule has 1 unspecified atom stereocenters. The van der Waals surface area contributed by atoms with Crippen molar-refractivity contribution in [3.05, 3.63) is 30.3 Å². The molecule has 0 saturated carbocycles. The van der Waals surface area contributed by atoms with Gasteiger partial charge in [-0.1, -0.05) is 18.2 Å². The van der Waals surface area contributed by atoms with Gasteiger partial charge in [0, 0.05) is 17.2 Å². The topological polar surface area (TPSA) is 29.5 Å². The zero-order valence-corrected chi connectivity index (χ0v) is 12.2. The molecule has 2 rings (SSSR count). The average Bonchev–Trinajstić information content (AvgIpc) is 2.89. The lowest BCUT2D eigenvalue weighted by molar-refractivity contribution is -0.148. The Labute approximate surface area is 119 Å². The van der Waals surface area contributed by atoms with Crippen molar-refractivity contribution < 1.29 is 9.53 Å². The summed E-state index contributed by atoms with van der Waals surface area (Å²) in [5, 5.41) is 0. The summed E-state index contributed by atoms with van der Waals surface area (Å²) < 4.78 is 5.13. The van der Waals surface area contributed by atoms with E-state index in [1.165, 1.54) is 4.90 Å². The predicted molar refractivity (Wildman–Crippen MR) is 78.4 cm³/mol. The summed E-state index contributed by atoms with van der Waals surface area (Å²) >= 11 is 1.84. The quantitative estimate of drug-likeness (QED) is 0.591. The van der Waals surface area contributed by atoms with Crippen LogP contribution >= 0.6 is 11.8 Å². The number of benzene rings is 1. The maximum absolute atomic E-state index is 11.8. The van der Waals surface area contributed by atoms with Crippen molar-refractivity contribution in [1.82, 2.24) is 4.90 Å². The fourth-order valence-electron chi connectivity index (χ4n) is 2.40. The summed E-state index contributed by atoms with van der Waals surface area (Å²) in [4.78, 5) is 15.4. The van der Waals surface area contributed by atoms with Crippen molar-refractivity contribution in [2.75, 3.05) is 25.4 Å². The van der Waals surface area contributed by atoms with Gasteiger partial charge >= 0.3 is 5.97 Å². The third-order valence-corrected chi connectivity index (χ3v) is 4.30. The monoisotopic (exact) mass is 279 g/mol. The minimum Gasteiger partial charge on any atom is -0.465 e. The number of nitrogens with zero attached hydrogens (tertiary/aromatic N) is 1. The van der Waals surface area contributed by atoms with E-state index in [0.717, 1.165) is 31.7 Å². The van der Waals surface area contributed by atoms with Crippen LogP contribution in [0.1, 0.15) is 19.8 Å². The number of rotatable bonds is 6. The normalized spacial score (nSPS) is 19.5. The molecule has 0 amide bonds. The van der Waals surface area contributed by atoms with Crippen LogP contribution in [-0.4, -0.2) is 42.4 Å². The molecule has 0 aliphatic carbocycles. The Morgan fingerprint density at radius 1 is 1.42 bits per heavy atom. The zero-order chi connectivity index (χ0) is 13.5. The Bertz CT molecular complexity index is 396. The van der Waals surface area contributed by atoms with E-state index in [1.54, 1.807) is 0 Å². The largest absolute Gasteiger partial charge is 0.465 e. The summed E-state index contributed by atoms with van der Waals surface area (Å²) in [5.74, 6) is 0.963. The second-order valence-electron chi connectivity index (χ2n) is 4.61. The third kappa shape index (κ3) is 4.25. The molecule has 0 aromatic heterocycles. The van der Waals surface area contributed by atoms with Crippen LogP contribution in [0.4, 0.5) is 0 Å². The molecule has 1 fully saturated rings. The van der Waals surface area contributed by atoms with E-state index in [-0.39, 0.29) is 12.0 Å². The molecule has 1 aromatic rings. The second kappa shape index (κ2) is 7.56. The van der Waals surface area contributed by atoms with E-state index in [1.807, 2.05) is 24.8 Å². The van der Waals surface area contributed by atoms with Crippen LogP contribution in [0.25, 0.3) is 0 Å². The molecule has 0 spiro atoms. The maximum atomic E-state index is 11.8. The third-order valence-electron chi connectivity index (χ3n) is 3.31. The van der Waals surface area contributed by atoms with E-state index in [9.17, 15) is 4.79 Å². The molecular formula is C15H21NO2S. The molecule has 3 nitrogen and oxygen atoms in total. The molecular weight excluding hydrogens is 258 g/mol. The van der Waals surface area contributed by atoms with Crippen LogP contribution in [0, 0.1) is 0 Å². The SMILES string of the molecule is CCOC(=O)C1CCCN1CCSc1ccccc1. The second-order valence-corrected chi connectivity index (χ2v) is 5.78. The number of esters is 1. The van der Waals surface area contributed by atoms with Crippen LogP contribution in [-0.2, 0) is 9.53 Å². The lowest BCUT2D eigenvalue weighted by atomic mass is 10.2. The first-order valence-electron chi connectivity index (χ1n) is 6.90. The van der Waals surface area contributed by atoms with Crippen LogP contribution in [0.5, 0.6) is 0 Å². The van der Waals surface area contributed by atoms with Gasteiger partial charge in [-0.05, 0) is 38.4 Å². The fourth-order valence-corrected chi connectivity index (χ4v) is 3.31. The summed E-state index contributed by atoms with van der Waals surface area (Å²) in [5.41, 5.74) is 0. The Hall–Kier alpha value is -1.00. The molecule has 1 aliphatic rings. The van der Waals surface area contributed by atoms with Crippen molar-refractivity contribution >= 4 is 17.7 Å². The van der Waals surface area contributed by atoms with E-state index >= 15 is 0 Å². The van der Waals surface area contributed by atoms with Gasteiger partial charge in [0.25, 0.3) is 0 Å². The van der Waals surface area contributed by atoms with Gasteiger partial charge in [-0.15, -0.1) is 11.8 Å². The molecule has 1 heterocycles. The molecule has 0 N–H and O–H groups in total. The van der Waals surface area contributed by atoms with Gasteiger partial charge in [-0.3, -0.25) is 9.69 Å². The Kier molecular flexibility index (Phi) is 5.73. The van der Waals surface area contributed by atoms with E-state index < -0.39 is 0 Å². The molecule has 0 bridgehead atoms. The van der Waals surface area contributed by atoms with Crippen molar-refractivity contribution in [1.29, 1.82) is 0 Å². The standard InChI is InChI=1S/C15H21NO2S/c1-2-18-15(17)14-9-6-10-16(14)11-12-19-13-7-4-3-5-8-13/h3-5,7-8,14H,2,6,9-12H2,1H3. The minimum absolute atomic E-state index is 0.0173. The highest BCUT2D eigenvalue weighted by molar-refractivity contribution is 7.99. The maximum Gasteiger partial charge on any atom is 0.323 e. The van der Waals surface area contributed by atoms with Gasteiger partial charge in [-0.25, -0.2) is 0 Å². The van der Waals surface area contributed by atoms with Gasteiger partial charge in [0.05, 0.1) is 6.61 Å². The van der Waals surface area contributed by atoms with E-state index in [4.69, 9.17) is 4.74 Å². The first-order valence-corrected chi connectivity index (χ1v) is 7.88. The summed E-state index contributed by atoms with van der Waals surface area (Å²) in [6.07, 6.45) is 2.04. The molecule has 1 atom stereocenters. The van der Waals surface area contributed by atoms with Crippen LogP contribution in [0.3, 0.4) is 0 Å². The number of hydrogen-bond donors (Lipinski definition) is 0. The number of thioether (sulfide) groups is 1. The Balaban J connectivity index is 1.77. The molecule has 0 radical (unpaired) electrons. The molecule has 19 heavy (non-hydrogen) atoms. The molecule has 1 aliphatic heterocycles. The van der Waals surface area contributed by atoms with Crippen LogP contribution in [0.15, 0.2) is 35.2 Å². The van der Waals surface area contributed by atoms with E-state index in [0.29, 0.717) is 6.61 Å². The summed E-state index contributed by atoms with van der Waals surface area (Å²) in [7, 11) is 0. The number of carbonyl (C=O) groups excluding carboxylic acids is 1. The Morgan fingerprint density at radius 2 is 2.21 bits per heavy atom. The summed E-state index contributed by atoms with van der Waals surface area (Å²) in [6.45, 7) is 4.30. The molecule has 104 valence electrons. The highest BCUT2D eigenvalue weighted by Crippen LogP contribution is 2.21. The Morgan fingerprint density at radius 3 is 2.95 bits per heavy atom. The van der Waals surface area contributed by atoms with Gasteiger partial charge in [-0.2, -0.15) is 0 Å². The van der Waals surface area contributed by atoms with Crippen molar-refractivity contribution in [2.24, 2.45) is 0 Å². The van der Waals surface area contributed by atoms with Gasteiger partial charge < -0.3 is 4.74 Å². The van der Waals surface area contributed by atoms with Crippen molar-refractivity contribution in [3.63, 3.8) is 0 Å². The van der Waals surface area contributed by atoms with E-state index in [2.05, 4.69) is 29.2 Å². The lowest BCUT2D eigenvalue weighted by Gasteiger charge is -2.22. The first-order chi connectivity index (χ1) is 9.31. The molecule has 1 saturated heterocycles. The lowest BCUT2D eigenvalue weighted by Crippen LogP contribution is -2.38. The minimum atomic E-state index is -0.0512. The average molecular weight is 279 g/mol. The predicted octanol–water partition coefficient (Wildman–Crippen LogP) is 2.81. The smallest absolute Gasteiger partial charge is 0.323 e. The number of ether oxygens (including phenoxy) is 1.